The van der Waals surface area contributed by atoms with E-state index in [1.165, 1.54) is 12.1 Å². The minimum atomic E-state index is -0.302. The normalized spacial score (nSPS) is 10.9. The molecule has 4 heteroatoms. The molecule has 0 bridgehead atoms. The third-order valence-corrected chi connectivity index (χ3v) is 2.58. The van der Waals surface area contributed by atoms with Crippen molar-refractivity contribution in [1.82, 2.24) is 9.38 Å². The molecule has 0 saturated heterocycles. The quantitative estimate of drug-likeness (QED) is 0.695. The molecule has 1 aromatic carbocycles. The molecule has 0 fully saturated rings. The maximum atomic E-state index is 13.1. The summed E-state index contributed by atoms with van der Waals surface area (Å²) in [5.41, 5.74) is 1.78. The van der Waals surface area contributed by atoms with E-state index in [2.05, 4.69) is 4.98 Å². The second-order valence-electron chi connectivity index (χ2n) is 3.76. The van der Waals surface area contributed by atoms with Gasteiger partial charge in [-0.15, -0.1) is 0 Å². The molecule has 0 aliphatic rings. The Morgan fingerprint density at radius 3 is 2.82 bits per heavy atom. The highest BCUT2D eigenvalue weighted by Gasteiger charge is 2.07. The van der Waals surface area contributed by atoms with E-state index in [1.54, 1.807) is 41.1 Å². The fourth-order valence-corrected chi connectivity index (χ4v) is 1.79. The highest BCUT2D eigenvalue weighted by molar-refractivity contribution is 5.65. The Morgan fingerprint density at radius 2 is 2.06 bits per heavy atom. The number of hydrogen-bond donors (Lipinski definition) is 1. The fourth-order valence-electron chi connectivity index (χ4n) is 1.79. The first-order valence-electron chi connectivity index (χ1n) is 5.17. The standard InChI is InChI=1S/C13H9FN2O/c14-10-4-1-3-9(7-10)11-8-16-6-2-5-12(17)13(16)15-11/h1-8,17H. The Balaban J connectivity index is 2.22. The van der Waals surface area contributed by atoms with E-state index < -0.39 is 0 Å². The second kappa shape index (κ2) is 3.59. The Bertz CT molecular complexity index is 691. The fraction of sp³-hybridized carbons (Fsp3) is 0. The molecule has 3 aromatic rings. The SMILES string of the molecule is Oc1cccn2cc(-c3cccc(F)c3)nc12. The number of halogens is 1. The number of fused-ring (bicyclic) bond motifs is 1. The van der Waals surface area contributed by atoms with Crippen LogP contribution in [-0.4, -0.2) is 14.5 Å². The van der Waals surface area contributed by atoms with Gasteiger partial charge in [0.25, 0.3) is 0 Å². The van der Waals surface area contributed by atoms with Crippen molar-refractivity contribution in [2.45, 2.75) is 0 Å². The highest BCUT2D eigenvalue weighted by Crippen LogP contribution is 2.23. The number of pyridine rings is 1. The molecule has 0 radical (unpaired) electrons. The maximum Gasteiger partial charge on any atom is 0.180 e. The molecular formula is C13H9FN2O. The molecule has 0 spiro atoms. The van der Waals surface area contributed by atoms with Gasteiger partial charge in [-0.3, -0.25) is 0 Å². The topological polar surface area (TPSA) is 37.5 Å². The van der Waals surface area contributed by atoms with Crippen molar-refractivity contribution in [3.63, 3.8) is 0 Å². The van der Waals surface area contributed by atoms with Crippen molar-refractivity contribution >= 4 is 5.65 Å². The summed E-state index contributed by atoms with van der Waals surface area (Å²) in [6, 6.07) is 9.50. The maximum absolute atomic E-state index is 13.1. The summed E-state index contributed by atoms with van der Waals surface area (Å²) in [6.07, 6.45) is 3.54. The number of imidazole rings is 1. The van der Waals surface area contributed by atoms with Gasteiger partial charge < -0.3 is 9.51 Å². The third-order valence-electron chi connectivity index (χ3n) is 2.58. The highest BCUT2D eigenvalue weighted by atomic mass is 19.1. The first-order valence-corrected chi connectivity index (χ1v) is 5.17. The van der Waals surface area contributed by atoms with Crippen LogP contribution in [0.25, 0.3) is 16.9 Å². The molecule has 84 valence electrons. The van der Waals surface area contributed by atoms with Crippen molar-refractivity contribution in [3.8, 4) is 17.0 Å². The van der Waals surface area contributed by atoms with E-state index in [1.807, 2.05) is 0 Å². The minimum Gasteiger partial charge on any atom is -0.504 e. The van der Waals surface area contributed by atoms with Crippen LogP contribution >= 0.6 is 0 Å². The van der Waals surface area contributed by atoms with Gasteiger partial charge >= 0.3 is 0 Å². The van der Waals surface area contributed by atoms with Gasteiger partial charge in [-0.1, -0.05) is 12.1 Å². The molecule has 0 atom stereocenters. The van der Waals surface area contributed by atoms with Crippen LogP contribution in [0.5, 0.6) is 5.75 Å². The first kappa shape index (κ1) is 9.84. The van der Waals surface area contributed by atoms with Gasteiger partial charge in [0.1, 0.15) is 5.82 Å². The third kappa shape index (κ3) is 1.63. The lowest BCUT2D eigenvalue weighted by Crippen LogP contribution is -1.80. The monoisotopic (exact) mass is 228 g/mol. The van der Waals surface area contributed by atoms with Crippen LogP contribution in [0.1, 0.15) is 0 Å². The average Bonchev–Trinajstić information content (AvgIpc) is 2.74. The summed E-state index contributed by atoms with van der Waals surface area (Å²) in [5.74, 6) is -0.195. The molecule has 2 aromatic heterocycles. The smallest absolute Gasteiger partial charge is 0.180 e. The molecule has 3 rings (SSSR count). The predicted octanol–water partition coefficient (Wildman–Crippen LogP) is 2.85. The van der Waals surface area contributed by atoms with E-state index in [-0.39, 0.29) is 11.6 Å². The van der Waals surface area contributed by atoms with Crippen LogP contribution in [0.4, 0.5) is 4.39 Å². The zero-order valence-electron chi connectivity index (χ0n) is 8.84. The Morgan fingerprint density at radius 1 is 1.18 bits per heavy atom. The Kier molecular flexibility index (Phi) is 2.08. The van der Waals surface area contributed by atoms with Crippen molar-refractivity contribution < 1.29 is 9.50 Å². The van der Waals surface area contributed by atoms with Gasteiger partial charge in [0, 0.05) is 18.0 Å². The molecule has 0 unspecified atom stereocenters. The molecule has 0 amide bonds. The zero-order chi connectivity index (χ0) is 11.8. The van der Waals surface area contributed by atoms with Crippen molar-refractivity contribution in [1.29, 1.82) is 0 Å². The summed E-state index contributed by atoms with van der Waals surface area (Å²) in [4.78, 5) is 4.27. The molecule has 3 nitrogen and oxygen atoms in total. The van der Waals surface area contributed by atoms with Gasteiger partial charge in [0.15, 0.2) is 11.4 Å². The largest absolute Gasteiger partial charge is 0.504 e. The summed E-state index contributed by atoms with van der Waals surface area (Å²) >= 11 is 0. The number of nitrogens with zero attached hydrogens (tertiary/aromatic N) is 2. The van der Waals surface area contributed by atoms with Crippen molar-refractivity contribution in [2.75, 3.05) is 0 Å². The number of hydrogen-bond acceptors (Lipinski definition) is 2. The van der Waals surface area contributed by atoms with Gasteiger partial charge in [-0.05, 0) is 24.3 Å². The van der Waals surface area contributed by atoms with Crippen LogP contribution in [-0.2, 0) is 0 Å². The minimum absolute atomic E-state index is 0.107. The average molecular weight is 228 g/mol. The lowest BCUT2D eigenvalue weighted by atomic mass is 10.2. The van der Waals surface area contributed by atoms with E-state index in [0.29, 0.717) is 16.9 Å². The van der Waals surface area contributed by atoms with Gasteiger partial charge in [-0.2, -0.15) is 0 Å². The summed E-state index contributed by atoms with van der Waals surface area (Å²) in [6.45, 7) is 0. The Hall–Kier alpha value is -2.36. The summed E-state index contributed by atoms with van der Waals surface area (Å²) in [5, 5.41) is 9.63. The number of benzene rings is 1. The summed E-state index contributed by atoms with van der Waals surface area (Å²) in [7, 11) is 0. The molecular weight excluding hydrogens is 219 g/mol. The molecule has 1 N–H and O–H groups in total. The van der Waals surface area contributed by atoms with Crippen LogP contribution in [0.15, 0.2) is 48.8 Å². The molecule has 0 aliphatic carbocycles. The Labute approximate surface area is 96.8 Å². The van der Waals surface area contributed by atoms with E-state index >= 15 is 0 Å². The van der Waals surface area contributed by atoms with Crippen LogP contribution < -0.4 is 0 Å². The van der Waals surface area contributed by atoms with Crippen molar-refractivity contribution in [3.05, 3.63) is 54.6 Å². The molecule has 2 heterocycles. The molecule has 0 saturated carbocycles. The van der Waals surface area contributed by atoms with E-state index in [0.717, 1.165) is 0 Å². The van der Waals surface area contributed by atoms with Crippen molar-refractivity contribution in [2.24, 2.45) is 0 Å². The van der Waals surface area contributed by atoms with Crippen LogP contribution in [0.2, 0.25) is 0 Å². The molecule has 17 heavy (non-hydrogen) atoms. The second-order valence-corrected chi connectivity index (χ2v) is 3.76. The molecule has 0 aliphatic heterocycles. The zero-order valence-corrected chi connectivity index (χ0v) is 8.84. The van der Waals surface area contributed by atoms with E-state index in [9.17, 15) is 9.50 Å². The van der Waals surface area contributed by atoms with Gasteiger partial charge in [0.05, 0.1) is 5.69 Å². The first-order chi connectivity index (χ1) is 8.24. The summed E-state index contributed by atoms with van der Waals surface area (Å²) < 4.78 is 14.8. The van der Waals surface area contributed by atoms with Crippen LogP contribution in [0.3, 0.4) is 0 Å². The lowest BCUT2D eigenvalue weighted by molar-refractivity contribution is 0.477. The van der Waals surface area contributed by atoms with Crippen LogP contribution in [0, 0.1) is 5.82 Å². The number of rotatable bonds is 1. The lowest BCUT2D eigenvalue weighted by Gasteiger charge is -1.94. The number of aromatic nitrogens is 2. The van der Waals surface area contributed by atoms with E-state index in [4.69, 9.17) is 0 Å². The predicted molar refractivity (Wildman–Crippen MR) is 62.3 cm³/mol. The number of aromatic hydroxyl groups is 1. The van der Waals surface area contributed by atoms with Gasteiger partial charge in [0.2, 0.25) is 0 Å². The van der Waals surface area contributed by atoms with Gasteiger partial charge in [-0.25, -0.2) is 9.37 Å².